The molecule has 19 heavy (non-hydrogen) atoms. The molecule has 1 aromatic heterocycles. The minimum Gasteiger partial charge on any atom is -0.320 e. The predicted octanol–water partition coefficient (Wildman–Crippen LogP) is -0.881. The molecule has 0 saturated carbocycles. The summed E-state index contributed by atoms with van der Waals surface area (Å²) in [4.78, 5) is 39.4. The number of carbonyl (C=O) groups is 3. The molecule has 4 N–H and O–H groups in total. The van der Waals surface area contributed by atoms with Crippen LogP contribution in [-0.2, 0) is 9.59 Å². The van der Waals surface area contributed by atoms with E-state index in [0.717, 1.165) is 4.90 Å². The van der Waals surface area contributed by atoms with Crippen LogP contribution in [-0.4, -0.2) is 40.7 Å². The lowest BCUT2D eigenvalue weighted by Crippen LogP contribution is -2.53. The molecule has 9 heteroatoms. The number of piperazine rings is 1. The van der Waals surface area contributed by atoms with E-state index in [1.54, 1.807) is 0 Å². The summed E-state index contributed by atoms with van der Waals surface area (Å²) in [6, 6.07) is 1.36. The van der Waals surface area contributed by atoms with Gasteiger partial charge >= 0.3 is 0 Å². The first-order valence-electron chi connectivity index (χ1n) is 5.25. The monoisotopic (exact) mass is 283 g/mol. The van der Waals surface area contributed by atoms with Crippen molar-refractivity contribution < 1.29 is 14.4 Å². The van der Waals surface area contributed by atoms with Crippen LogP contribution < -0.4 is 16.6 Å². The second kappa shape index (κ2) is 5.21. The number of pyridine rings is 1. The quantitative estimate of drug-likeness (QED) is 0.368. The summed E-state index contributed by atoms with van der Waals surface area (Å²) in [6.45, 7) is -0.363. The summed E-state index contributed by atoms with van der Waals surface area (Å²) in [5.41, 5.74) is 2.44. The molecule has 0 bridgehead atoms. The molecule has 0 radical (unpaired) electrons. The van der Waals surface area contributed by atoms with Gasteiger partial charge in [0.05, 0.1) is 10.6 Å². The minimum atomic E-state index is -0.524. The number of hydrogen-bond donors (Lipinski definition) is 3. The van der Waals surface area contributed by atoms with E-state index < -0.39 is 17.7 Å². The molecule has 2 rings (SSSR count). The zero-order valence-corrected chi connectivity index (χ0v) is 10.4. The summed E-state index contributed by atoms with van der Waals surface area (Å²) in [5, 5.41) is 2.27. The van der Waals surface area contributed by atoms with E-state index in [-0.39, 0.29) is 29.5 Å². The molecular weight excluding hydrogens is 274 g/mol. The summed E-state index contributed by atoms with van der Waals surface area (Å²) < 4.78 is 0. The van der Waals surface area contributed by atoms with Crippen LogP contribution in [0.3, 0.4) is 0 Å². The van der Waals surface area contributed by atoms with Crippen molar-refractivity contribution in [3.05, 3.63) is 22.8 Å². The molecule has 3 amide bonds. The summed E-state index contributed by atoms with van der Waals surface area (Å²) in [5.74, 6) is 3.85. The fourth-order valence-corrected chi connectivity index (χ4v) is 1.85. The molecule has 100 valence electrons. The highest BCUT2D eigenvalue weighted by molar-refractivity contribution is 6.33. The molecule has 1 saturated heterocycles. The molecule has 1 aromatic rings. The highest BCUT2D eigenvalue weighted by atomic mass is 35.5. The molecule has 1 aliphatic rings. The number of amides is 3. The number of halogens is 1. The van der Waals surface area contributed by atoms with Crippen molar-refractivity contribution in [3.8, 4) is 0 Å². The Morgan fingerprint density at radius 3 is 2.58 bits per heavy atom. The van der Waals surface area contributed by atoms with Gasteiger partial charge in [-0.05, 0) is 6.07 Å². The number of nitrogens with zero attached hydrogens (tertiary/aromatic N) is 2. The van der Waals surface area contributed by atoms with E-state index in [9.17, 15) is 14.4 Å². The van der Waals surface area contributed by atoms with Crippen LogP contribution in [0, 0.1) is 0 Å². The van der Waals surface area contributed by atoms with Gasteiger partial charge in [0.25, 0.3) is 5.91 Å². The second-order valence-electron chi connectivity index (χ2n) is 3.83. The number of aromatic nitrogens is 1. The summed E-state index contributed by atoms with van der Waals surface area (Å²) >= 11 is 5.85. The van der Waals surface area contributed by atoms with E-state index >= 15 is 0 Å². The predicted molar refractivity (Wildman–Crippen MR) is 66.1 cm³/mol. The van der Waals surface area contributed by atoms with Crippen LogP contribution in [0.2, 0.25) is 5.02 Å². The van der Waals surface area contributed by atoms with Gasteiger partial charge in [0, 0.05) is 6.20 Å². The van der Waals surface area contributed by atoms with Crippen molar-refractivity contribution >= 4 is 35.1 Å². The van der Waals surface area contributed by atoms with Crippen LogP contribution >= 0.6 is 11.6 Å². The zero-order chi connectivity index (χ0) is 14.0. The molecule has 0 atom stereocenters. The Hall–Kier alpha value is -2.19. The second-order valence-corrected chi connectivity index (χ2v) is 4.24. The van der Waals surface area contributed by atoms with Crippen molar-refractivity contribution in [2.45, 2.75) is 0 Å². The molecule has 1 fully saturated rings. The van der Waals surface area contributed by atoms with Crippen LogP contribution in [0.5, 0.6) is 0 Å². The van der Waals surface area contributed by atoms with E-state index in [0.29, 0.717) is 0 Å². The van der Waals surface area contributed by atoms with Crippen molar-refractivity contribution in [1.29, 1.82) is 0 Å². The van der Waals surface area contributed by atoms with Crippen molar-refractivity contribution in [3.63, 3.8) is 0 Å². The number of carbonyl (C=O) groups excluding carboxylic acids is 3. The number of anilines is 1. The van der Waals surface area contributed by atoms with Gasteiger partial charge in [0.15, 0.2) is 5.82 Å². The van der Waals surface area contributed by atoms with Crippen molar-refractivity contribution in [2.24, 2.45) is 5.84 Å². The molecule has 8 nitrogen and oxygen atoms in total. The van der Waals surface area contributed by atoms with Crippen molar-refractivity contribution in [1.82, 2.24) is 15.2 Å². The lowest BCUT2D eigenvalue weighted by Gasteiger charge is -2.25. The Balaban J connectivity index is 2.21. The average Bonchev–Trinajstić information content (AvgIpc) is 2.36. The molecule has 0 unspecified atom stereocenters. The Bertz CT molecular complexity index is 546. The van der Waals surface area contributed by atoms with E-state index in [2.05, 4.69) is 15.7 Å². The van der Waals surface area contributed by atoms with Gasteiger partial charge in [-0.25, -0.2) is 10.8 Å². The lowest BCUT2D eigenvalue weighted by atomic mass is 10.2. The number of hydrogen-bond acceptors (Lipinski definition) is 6. The summed E-state index contributed by atoms with van der Waals surface area (Å²) in [7, 11) is 0. The highest BCUT2D eigenvalue weighted by Crippen LogP contribution is 2.20. The third kappa shape index (κ3) is 2.80. The molecule has 0 aromatic carbocycles. The van der Waals surface area contributed by atoms with E-state index in [1.165, 1.54) is 12.3 Å². The van der Waals surface area contributed by atoms with Crippen LogP contribution in [0.15, 0.2) is 12.3 Å². The number of nitrogens with two attached hydrogens (primary N) is 1. The van der Waals surface area contributed by atoms with Crippen LogP contribution in [0.25, 0.3) is 0 Å². The topological polar surface area (TPSA) is 117 Å². The maximum Gasteiger partial charge on any atom is 0.256 e. The van der Waals surface area contributed by atoms with Gasteiger partial charge in [0.1, 0.15) is 13.1 Å². The highest BCUT2D eigenvalue weighted by Gasteiger charge is 2.27. The standard InChI is InChI=1S/C10H10ClN5O3/c11-6-1-5(2-13-9(6)15-12)10(19)16-3-7(17)14-8(18)4-16/h1-2H,3-4,12H2,(H,13,15)(H,14,17,18). The number of nitrogens with one attached hydrogen (secondary N) is 2. The SMILES string of the molecule is NNc1ncc(C(=O)N2CC(=O)NC(=O)C2)cc1Cl. The van der Waals surface area contributed by atoms with Gasteiger partial charge in [-0.15, -0.1) is 0 Å². The number of imide groups is 1. The largest absolute Gasteiger partial charge is 0.320 e. The van der Waals surface area contributed by atoms with Gasteiger partial charge < -0.3 is 10.3 Å². The third-order valence-electron chi connectivity index (χ3n) is 2.46. The Labute approximate surface area is 112 Å². The van der Waals surface area contributed by atoms with Crippen molar-refractivity contribution in [2.75, 3.05) is 18.5 Å². The maximum absolute atomic E-state index is 12.1. The van der Waals surface area contributed by atoms with Gasteiger partial charge in [-0.2, -0.15) is 0 Å². The molecule has 2 heterocycles. The fourth-order valence-electron chi connectivity index (χ4n) is 1.62. The smallest absolute Gasteiger partial charge is 0.256 e. The fraction of sp³-hybridized carbons (Fsp3) is 0.200. The van der Waals surface area contributed by atoms with E-state index in [4.69, 9.17) is 17.4 Å². The zero-order valence-electron chi connectivity index (χ0n) is 9.64. The first-order chi connectivity index (χ1) is 9.01. The number of rotatable bonds is 2. The third-order valence-corrected chi connectivity index (χ3v) is 2.75. The van der Waals surface area contributed by atoms with Gasteiger partial charge in [-0.3, -0.25) is 19.7 Å². The van der Waals surface area contributed by atoms with Gasteiger partial charge in [-0.1, -0.05) is 11.6 Å². The molecule has 0 spiro atoms. The normalized spacial score (nSPS) is 15.2. The van der Waals surface area contributed by atoms with E-state index in [1.807, 2.05) is 0 Å². The van der Waals surface area contributed by atoms with Gasteiger partial charge in [0.2, 0.25) is 11.8 Å². The van der Waals surface area contributed by atoms with Crippen LogP contribution in [0.1, 0.15) is 10.4 Å². The molecular formula is C10H10ClN5O3. The minimum absolute atomic E-state index is 0.168. The molecule has 0 aliphatic carbocycles. The Kier molecular flexibility index (Phi) is 3.63. The Morgan fingerprint density at radius 2 is 2.05 bits per heavy atom. The first kappa shape index (κ1) is 13.2. The lowest BCUT2D eigenvalue weighted by molar-refractivity contribution is -0.135. The number of nitrogen functional groups attached to an aromatic ring is 1. The molecule has 1 aliphatic heterocycles. The maximum atomic E-state index is 12.1. The van der Waals surface area contributed by atoms with Crippen LogP contribution in [0.4, 0.5) is 5.82 Å². The number of hydrazine groups is 1. The first-order valence-corrected chi connectivity index (χ1v) is 5.63. The summed E-state index contributed by atoms with van der Waals surface area (Å²) in [6.07, 6.45) is 1.26. The Morgan fingerprint density at radius 1 is 1.42 bits per heavy atom. The average molecular weight is 284 g/mol.